The Kier molecular flexibility index (Phi) is 3.98. The Morgan fingerprint density at radius 1 is 1.00 bits per heavy atom. The summed E-state index contributed by atoms with van der Waals surface area (Å²) >= 11 is 0. The molecule has 0 aliphatic carbocycles. The highest BCUT2D eigenvalue weighted by Crippen LogP contribution is 2.22. The molecule has 0 spiro atoms. The van der Waals surface area contributed by atoms with Crippen molar-refractivity contribution in [1.82, 2.24) is 0 Å². The van der Waals surface area contributed by atoms with Gasteiger partial charge >= 0.3 is 5.97 Å². The smallest absolute Gasteiger partial charge is 0.368 e. The standard InChI is InChI=1S/C19H18N2O2/c1-13-4-8-15(9-5-13)18-17(19(22)23-20-18)12-14-6-10-16(11-7-14)21(2)3/h4-12H,1-3H3. The van der Waals surface area contributed by atoms with Crippen molar-refractivity contribution in [3.63, 3.8) is 0 Å². The molecular weight excluding hydrogens is 288 g/mol. The number of rotatable bonds is 3. The fraction of sp³-hybridized carbons (Fsp3) is 0.158. The average molecular weight is 306 g/mol. The van der Waals surface area contributed by atoms with Gasteiger partial charge in [-0.1, -0.05) is 47.1 Å². The summed E-state index contributed by atoms with van der Waals surface area (Å²) < 4.78 is 0. The molecule has 0 fully saturated rings. The van der Waals surface area contributed by atoms with Crippen LogP contribution >= 0.6 is 0 Å². The maximum Gasteiger partial charge on any atom is 0.368 e. The quantitative estimate of drug-likeness (QED) is 0.644. The summed E-state index contributed by atoms with van der Waals surface area (Å²) in [5.74, 6) is -0.419. The summed E-state index contributed by atoms with van der Waals surface area (Å²) in [6.07, 6.45) is 1.81. The van der Waals surface area contributed by atoms with Crippen LogP contribution in [0.4, 0.5) is 5.69 Å². The molecule has 1 aliphatic rings. The number of anilines is 1. The van der Waals surface area contributed by atoms with Crippen molar-refractivity contribution in [3.8, 4) is 0 Å². The van der Waals surface area contributed by atoms with Crippen LogP contribution < -0.4 is 4.90 Å². The van der Waals surface area contributed by atoms with Gasteiger partial charge in [0.15, 0.2) is 0 Å². The molecule has 0 bridgehead atoms. The molecule has 4 nitrogen and oxygen atoms in total. The lowest BCUT2D eigenvalue weighted by molar-refractivity contribution is -0.136. The molecule has 116 valence electrons. The number of aryl methyl sites for hydroxylation is 1. The van der Waals surface area contributed by atoms with E-state index in [9.17, 15) is 4.79 Å². The molecule has 1 heterocycles. The summed E-state index contributed by atoms with van der Waals surface area (Å²) in [6, 6.07) is 15.8. The Balaban J connectivity index is 1.94. The van der Waals surface area contributed by atoms with Gasteiger partial charge in [0.2, 0.25) is 0 Å². The largest absolute Gasteiger partial charge is 0.378 e. The molecule has 0 aromatic heterocycles. The summed E-state index contributed by atoms with van der Waals surface area (Å²) in [7, 11) is 3.98. The number of hydrogen-bond donors (Lipinski definition) is 0. The van der Waals surface area contributed by atoms with E-state index in [1.165, 1.54) is 0 Å². The van der Waals surface area contributed by atoms with E-state index < -0.39 is 5.97 Å². The van der Waals surface area contributed by atoms with E-state index in [0.29, 0.717) is 11.3 Å². The molecule has 4 heteroatoms. The van der Waals surface area contributed by atoms with Crippen molar-refractivity contribution in [2.24, 2.45) is 5.16 Å². The van der Waals surface area contributed by atoms with E-state index in [1.54, 1.807) is 0 Å². The first-order chi connectivity index (χ1) is 11.0. The van der Waals surface area contributed by atoms with Gasteiger partial charge in [-0.3, -0.25) is 0 Å². The zero-order valence-electron chi connectivity index (χ0n) is 13.4. The first-order valence-corrected chi connectivity index (χ1v) is 7.40. The van der Waals surface area contributed by atoms with Gasteiger partial charge in [-0.15, -0.1) is 0 Å². The summed E-state index contributed by atoms with van der Waals surface area (Å²) in [4.78, 5) is 18.9. The topological polar surface area (TPSA) is 41.9 Å². The Morgan fingerprint density at radius 3 is 2.26 bits per heavy atom. The van der Waals surface area contributed by atoms with Crippen LogP contribution in [0.2, 0.25) is 0 Å². The van der Waals surface area contributed by atoms with Crippen LogP contribution in [0.15, 0.2) is 59.3 Å². The van der Waals surface area contributed by atoms with Gasteiger partial charge in [-0.2, -0.15) is 0 Å². The number of benzene rings is 2. The predicted octanol–water partition coefficient (Wildman–Crippen LogP) is 3.41. The average Bonchev–Trinajstić information content (AvgIpc) is 2.90. The van der Waals surface area contributed by atoms with E-state index >= 15 is 0 Å². The highest BCUT2D eigenvalue weighted by Gasteiger charge is 2.26. The van der Waals surface area contributed by atoms with Crippen LogP contribution in [0.25, 0.3) is 6.08 Å². The molecule has 1 aliphatic heterocycles. The zero-order chi connectivity index (χ0) is 16.4. The molecule has 2 aromatic carbocycles. The highest BCUT2D eigenvalue weighted by atomic mass is 16.7. The Labute approximate surface area is 135 Å². The lowest BCUT2D eigenvalue weighted by Gasteiger charge is -2.11. The lowest BCUT2D eigenvalue weighted by Crippen LogP contribution is -2.08. The molecule has 23 heavy (non-hydrogen) atoms. The fourth-order valence-electron chi connectivity index (χ4n) is 2.36. The molecule has 0 amide bonds. The van der Waals surface area contributed by atoms with Gasteiger partial charge in [-0.05, 0) is 30.7 Å². The van der Waals surface area contributed by atoms with E-state index in [1.807, 2.05) is 80.5 Å². The maximum absolute atomic E-state index is 12.0. The van der Waals surface area contributed by atoms with E-state index in [-0.39, 0.29) is 0 Å². The number of oxime groups is 1. The number of carbonyl (C=O) groups excluding carboxylic acids is 1. The first-order valence-electron chi connectivity index (χ1n) is 7.40. The molecule has 2 aromatic rings. The molecule has 3 rings (SSSR count). The Hall–Kier alpha value is -2.88. The fourth-order valence-corrected chi connectivity index (χ4v) is 2.36. The van der Waals surface area contributed by atoms with Crippen LogP contribution in [0.5, 0.6) is 0 Å². The van der Waals surface area contributed by atoms with Gasteiger partial charge in [0.25, 0.3) is 0 Å². The highest BCUT2D eigenvalue weighted by molar-refractivity contribution is 6.31. The zero-order valence-corrected chi connectivity index (χ0v) is 13.4. The van der Waals surface area contributed by atoms with Crippen LogP contribution in [0, 0.1) is 6.92 Å². The normalized spacial score (nSPS) is 15.5. The van der Waals surface area contributed by atoms with Crippen LogP contribution in [0.1, 0.15) is 16.7 Å². The van der Waals surface area contributed by atoms with Crippen LogP contribution in [-0.2, 0) is 9.63 Å². The van der Waals surface area contributed by atoms with Crippen LogP contribution in [0.3, 0.4) is 0 Å². The molecule has 0 saturated carbocycles. The van der Waals surface area contributed by atoms with Gasteiger partial charge in [-0.25, -0.2) is 4.79 Å². The Bertz CT molecular complexity index is 785. The second kappa shape index (κ2) is 6.08. The van der Waals surface area contributed by atoms with Crippen molar-refractivity contribution >= 4 is 23.4 Å². The third-order valence-corrected chi connectivity index (χ3v) is 3.74. The van der Waals surface area contributed by atoms with Crippen molar-refractivity contribution in [3.05, 3.63) is 70.8 Å². The monoisotopic (exact) mass is 306 g/mol. The first kappa shape index (κ1) is 15.0. The minimum atomic E-state index is -0.419. The summed E-state index contributed by atoms with van der Waals surface area (Å²) in [6.45, 7) is 2.02. The number of hydrogen-bond acceptors (Lipinski definition) is 4. The summed E-state index contributed by atoms with van der Waals surface area (Å²) in [5.41, 5.74) is 5.12. The second-order valence-electron chi connectivity index (χ2n) is 5.73. The van der Waals surface area contributed by atoms with E-state index in [2.05, 4.69) is 5.16 Å². The molecule has 0 atom stereocenters. The SMILES string of the molecule is Cc1ccc(C2=NOC(=O)C2=Cc2ccc(N(C)C)cc2)cc1. The van der Waals surface area contributed by atoms with Gasteiger partial charge in [0.1, 0.15) is 5.71 Å². The lowest BCUT2D eigenvalue weighted by atomic mass is 10.00. The van der Waals surface area contributed by atoms with E-state index in [0.717, 1.165) is 22.4 Å². The van der Waals surface area contributed by atoms with Gasteiger partial charge < -0.3 is 9.74 Å². The van der Waals surface area contributed by atoms with Crippen molar-refractivity contribution in [1.29, 1.82) is 0 Å². The van der Waals surface area contributed by atoms with Crippen molar-refractivity contribution in [2.75, 3.05) is 19.0 Å². The molecule has 0 N–H and O–H groups in total. The van der Waals surface area contributed by atoms with Crippen LogP contribution in [-0.4, -0.2) is 25.8 Å². The predicted molar refractivity (Wildman–Crippen MR) is 92.6 cm³/mol. The summed E-state index contributed by atoms with van der Waals surface area (Å²) in [5, 5.41) is 3.93. The number of nitrogens with zero attached hydrogens (tertiary/aromatic N) is 2. The minimum absolute atomic E-state index is 0.419. The van der Waals surface area contributed by atoms with Gasteiger partial charge in [0, 0.05) is 25.3 Å². The Morgan fingerprint density at radius 2 is 1.65 bits per heavy atom. The maximum atomic E-state index is 12.0. The molecule has 0 saturated heterocycles. The van der Waals surface area contributed by atoms with Gasteiger partial charge in [0.05, 0.1) is 5.57 Å². The molecule has 0 unspecified atom stereocenters. The van der Waals surface area contributed by atoms with Crippen molar-refractivity contribution in [2.45, 2.75) is 6.92 Å². The second-order valence-corrected chi connectivity index (χ2v) is 5.73. The third kappa shape index (κ3) is 3.16. The molecular formula is C19H18N2O2. The third-order valence-electron chi connectivity index (χ3n) is 3.74. The van der Waals surface area contributed by atoms with Crippen molar-refractivity contribution < 1.29 is 9.63 Å². The van der Waals surface area contributed by atoms with E-state index in [4.69, 9.17) is 4.84 Å². The number of carbonyl (C=O) groups is 1. The molecule has 0 radical (unpaired) electrons. The minimum Gasteiger partial charge on any atom is -0.378 e.